The van der Waals surface area contributed by atoms with Crippen LogP contribution in [-0.2, 0) is 13.2 Å². The van der Waals surface area contributed by atoms with Gasteiger partial charge in [0.05, 0.1) is 11.6 Å². The number of nitrogens with one attached hydrogen (secondary N) is 1. The predicted molar refractivity (Wildman–Crippen MR) is 89.0 cm³/mol. The highest BCUT2D eigenvalue weighted by molar-refractivity contribution is 9.10. The van der Waals surface area contributed by atoms with Gasteiger partial charge < -0.3 is 14.8 Å². The summed E-state index contributed by atoms with van der Waals surface area (Å²) in [7, 11) is 3.58. The minimum Gasteiger partial charge on any atom is -0.493 e. The van der Waals surface area contributed by atoms with E-state index in [-0.39, 0.29) is 0 Å². The van der Waals surface area contributed by atoms with Crippen LogP contribution in [0.4, 0.5) is 0 Å². The Morgan fingerprint density at radius 2 is 1.95 bits per heavy atom. The summed E-state index contributed by atoms with van der Waals surface area (Å²) in [6.07, 6.45) is 0. The average Bonchev–Trinajstić information content (AvgIpc) is 2.47. The van der Waals surface area contributed by atoms with Gasteiger partial charge in [0.25, 0.3) is 0 Å². The molecule has 0 amide bonds. The second-order valence-corrected chi connectivity index (χ2v) is 5.71. The zero-order valence-electron chi connectivity index (χ0n) is 12.6. The maximum absolute atomic E-state index is 5.97. The maximum atomic E-state index is 5.97. The summed E-state index contributed by atoms with van der Waals surface area (Å²) in [6.45, 7) is 3.39. The van der Waals surface area contributed by atoms with Gasteiger partial charge in [-0.2, -0.15) is 0 Å². The first-order valence-electron chi connectivity index (χ1n) is 6.84. The van der Waals surface area contributed by atoms with E-state index < -0.39 is 0 Å². The summed E-state index contributed by atoms with van der Waals surface area (Å²) >= 11 is 3.57. The topological polar surface area (TPSA) is 30.5 Å². The van der Waals surface area contributed by atoms with Crippen LogP contribution in [0.5, 0.6) is 11.5 Å². The van der Waals surface area contributed by atoms with Crippen molar-refractivity contribution in [2.45, 2.75) is 20.1 Å². The minimum atomic E-state index is 0.521. The average molecular weight is 350 g/mol. The minimum absolute atomic E-state index is 0.521. The number of benzene rings is 2. The molecule has 0 saturated heterocycles. The molecule has 0 aliphatic rings. The van der Waals surface area contributed by atoms with Crippen LogP contribution in [0.1, 0.15) is 16.7 Å². The molecule has 112 valence electrons. The summed E-state index contributed by atoms with van der Waals surface area (Å²) in [5.41, 5.74) is 3.54. The van der Waals surface area contributed by atoms with E-state index in [4.69, 9.17) is 9.47 Å². The molecule has 0 radical (unpaired) electrons. The van der Waals surface area contributed by atoms with Gasteiger partial charge in [-0.1, -0.05) is 24.3 Å². The van der Waals surface area contributed by atoms with Gasteiger partial charge in [0.2, 0.25) is 0 Å². The summed E-state index contributed by atoms with van der Waals surface area (Å²) in [6, 6.07) is 12.3. The van der Waals surface area contributed by atoms with Gasteiger partial charge in [-0.15, -0.1) is 0 Å². The van der Waals surface area contributed by atoms with Gasteiger partial charge in [-0.25, -0.2) is 0 Å². The normalized spacial score (nSPS) is 10.5. The van der Waals surface area contributed by atoms with Crippen molar-refractivity contribution in [3.05, 3.63) is 57.6 Å². The highest BCUT2D eigenvalue weighted by Gasteiger charge is 2.12. The quantitative estimate of drug-likeness (QED) is 0.852. The van der Waals surface area contributed by atoms with Crippen molar-refractivity contribution in [1.82, 2.24) is 5.32 Å². The van der Waals surface area contributed by atoms with Crippen LogP contribution in [-0.4, -0.2) is 14.2 Å². The third-order valence-electron chi connectivity index (χ3n) is 3.30. The molecule has 3 nitrogen and oxygen atoms in total. The number of rotatable bonds is 6. The van der Waals surface area contributed by atoms with Gasteiger partial charge in [-0.3, -0.25) is 0 Å². The monoisotopic (exact) mass is 349 g/mol. The van der Waals surface area contributed by atoms with Crippen LogP contribution < -0.4 is 14.8 Å². The predicted octanol–water partition coefficient (Wildman–Crippen LogP) is 4.06. The smallest absolute Gasteiger partial charge is 0.175 e. The van der Waals surface area contributed by atoms with E-state index in [9.17, 15) is 0 Å². The number of hydrogen-bond donors (Lipinski definition) is 1. The molecule has 1 N–H and O–H groups in total. The first-order chi connectivity index (χ1) is 10.2. The van der Waals surface area contributed by atoms with Crippen LogP contribution in [0.25, 0.3) is 0 Å². The summed E-state index contributed by atoms with van der Waals surface area (Å²) in [5, 5.41) is 3.13. The van der Waals surface area contributed by atoms with Gasteiger partial charge in [0.1, 0.15) is 6.61 Å². The van der Waals surface area contributed by atoms with Crippen molar-refractivity contribution in [2.24, 2.45) is 0 Å². The number of methoxy groups -OCH3 is 1. The summed E-state index contributed by atoms with van der Waals surface area (Å²) in [4.78, 5) is 0. The summed E-state index contributed by atoms with van der Waals surface area (Å²) < 4.78 is 12.3. The zero-order valence-corrected chi connectivity index (χ0v) is 14.2. The Kier molecular flexibility index (Phi) is 5.65. The Morgan fingerprint density at radius 3 is 2.62 bits per heavy atom. The van der Waals surface area contributed by atoms with E-state index in [1.165, 1.54) is 11.1 Å². The van der Waals surface area contributed by atoms with Crippen LogP contribution in [0.3, 0.4) is 0 Å². The van der Waals surface area contributed by atoms with Crippen LogP contribution >= 0.6 is 15.9 Å². The number of ether oxygens (including phenoxy) is 2. The van der Waals surface area contributed by atoms with E-state index in [0.29, 0.717) is 6.61 Å². The second-order valence-electron chi connectivity index (χ2n) is 4.85. The molecule has 0 spiro atoms. The van der Waals surface area contributed by atoms with Crippen LogP contribution in [0.2, 0.25) is 0 Å². The zero-order chi connectivity index (χ0) is 15.2. The molecular formula is C17H20BrNO2. The molecule has 0 aliphatic carbocycles. The molecule has 0 aliphatic heterocycles. The first kappa shape index (κ1) is 15.9. The lowest BCUT2D eigenvalue weighted by Gasteiger charge is -2.15. The fourth-order valence-electron chi connectivity index (χ4n) is 2.14. The van der Waals surface area contributed by atoms with E-state index in [1.54, 1.807) is 7.11 Å². The summed E-state index contributed by atoms with van der Waals surface area (Å²) in [5.74, 6) is 1.48. The highest BCUT2D eigenvalue weighted by Crippen LogP contribution is 2.37. The van der Waals surface area contributed by atoms with Gasteiger partial charge in [-0.05, 0) is 58.7 Å². The fourth-order valence-corrected chi connectivity index (χ4v) is 2.75. The van der Waals surface area contributed by atoms with E-state index in [2.05, 4.69) is 40.3 Å². The molecule has 2 aromatic carbocycles. The van der Waals surface area contributed by atoms with Gasteiger partial charge in [0, 0.05) is 6.54 Å². The molecule has 0 bridgehead atoms. The van der Waals surface area contributed by atoms with Crippen molar-refractivity contribution < 1.29 is 9.47 Å². The Hall–Kier alpha value is -1.52. The lowest BCUT2D eigenvalue weighted by atomic mass is 10.1. The Balaban J connectivity index is 2.21. The van der Waals surface area contributed by atoms with Crippen LogP contribution in [0.15, 0.2) is 40.9 Å². The molecule has 2 rings (SSSR count). The number of aryl methyl sites for hydroxylation is 1. The molecule has 0 heterocycles. The third-order valence-corrected chi connectivity index (χ3v) is 3.89. The molecule has 2 aromatic rings. The third kappa shape index (κ3) is 3.99. The van der Waals surface area contributed by atoms with Crippen molar-refractivity contribution >= 4 is 15.9 Å². The fraction of sp³-hybridized carbons (Fsp3) is 0.294. The maximum Gasteiger partial charge on any atom is 0.175 e. The van der Waals surface area contributed by atoms with E-state index >= 15 is 0 Å². The molecular weight excluding hydrogens is 330 g/mol. The molecule has 0 unspecified atom stereocenters. The van der Waals surface area contributed by atoms with Crippen molar-refractivity contribution in [1.29, 1.82) is 0 Å². The highest BCUT2D eigenvalue weighted by atomic mass is 79.9. The second kappa shape index (κ2) is 7.48. The molecule has 0 fully saturated rings. The van der Waals surface area contributed by atoms with E-state index in [0.717, 1.165) is 28.1 Å². The Morgan fingerprint density at radius 1 is 1.19 bits per heavy atom. The Labute approximate surface area is 134 Å². The van der Waals surface area contributed by atoms with Crippen molar-refractivity contribution in [3.8, 4) is 11.5 Å². The van der Waals surface area contributed by atoms with Crippen molar-refractivity contribution in [2.75, 3.05) is 14.2 Å². The molecule has 0 aromatic heterocycles. The number of halogens is 1. The Bertz CT molecular complexity index is 614. The molecule has 21 heavy (non-hydrogen) atoms. The lowest BCUT2D eigenvalue weighted by molar-refractivity contribution is 0.281. The standard InChI is InChI=1S/C17H20BrNO2/c1-12-6-4-5-7-14(12)11-21-17-15(18)8-13(10-19-2)9-16(17)20-3/h4-9,19H,10-11H2,1-3H3. The lowest BCUT2D eigenvalue weighted by Crippen LogP contribution is -2.06. The van der Waals surface area contributed by atoms with Gasteiger partial charge >= 0.3 is 0 Å². The van der Waals surface area contributed by atoms with Crippen LogP contribution in [0, 0.1) is 6.92 Å². The van der Waals surface area contributed by atoms with Gasteiger partial charge in [0.15, 0.2) is 11.5 Å². The number of hydrogen-bond acceptors (Lipinski definition) is 3. The molecule has 4 heteroatoms. The van der Waals surface area contributed by atoms with E-state index in [1.807, 2.05) is 31.3 Å². The molecule has 0 atom stereocenters. The first-order valence-corrected chi connectivity index (χ1v) is 7.63. The largest absolute Gasteiger partial charge is 0.493 e. The van der Waals surface area contributed by atoms with Crippen molar-refractivity contribution in [3.63, 3.8) is 0 Å². The SMILES string of the molecule is CNCc1cc(Br)c(OCc2ccccc2C)c(OC)c1. The molecule has 0 saturated carbocycles.